The predicted molar refractivity (Wildman–Crippen MR) is 117 cm³/mol. The number of aromatic nitrogens is 1. The van der Waals surface area contributed by atoms with E-state index in [1.807, 2.05) is 18.2 Å². The summed E-state index contributed by atoms with van der Waals surface area (Å²) in [5, 5.41) is 4.46. The van der Waals surface area contributed by atoms with Gasteiger partial charge in [0.1, 0.15) is 5.75 Å². The number of rotatable bonds is 4. The normalized spacial score (nSPS) is 11.3. The van der Waals surface area contributed by atoms with Gasteiger partial charge < -0.3 is 18.6 Å². The second kappa shape index (κ2) is 6.95. The summed E-state index contributed by atoms with van der Waals surface area (Å²) in [6, 6.07) is 14.6. The molecule has 5 heteroatoms. The summed E-state index contributed by atoms with van der Waals surface area (Å²) in [5.74, 6) is 2.26. The van der Waals surface area contributed by atoms with E-state index >= 15 is 0 Å². The topological polar surface area (TPSA) is 44.9 Å². The van der Waals surface area contributed by atoms with Crippen LogP contribution in [0.2, 0.25) is 0 Å². The average molecular weight is 400 g/mol. The van der Waals surface area contributed by atoms with Gasteiger partial charge in [0.15, 0.2) is 23.4 Å². The van der Waals surface area contributed by atoms with Crippen molar-refractivity contribution in [1.82, 2.24) is 0 Å². The zero-order chi connectivity index (χ0) is 20.8. The Morgan fingerprint density at radius 2 is 1.50 bits per heavy atom. The molecule has 0 atom stereocenters. The van der Waals surface area contributed by atoms with Crippen LogP contribution < -0.4 is 18.6 Å². The molecule has 0 bridgehead atoms. The molecule has 3 heterocycles. The van der Waals surface area contributed by atoms with Crippen molar-refractivity contribution in [3.05, 3.63) is 66.9 Å². The molecule has 0 N–H and O–H groups in total. The van der Waals surface area contributed by atoms with Gasteiger partial charge in [-0.3, -0.25) is 0 Å². The van der Waals surface area contributed by atoms with E-state index in [4.69, 9.17) is 18.6 Å². The molecule has 0 radical (unpaired) electrons. The van der Waals surface area contributed by atoms with Gasteiger partial charge in [0.2, 0.25) is 5.52 Å². The zero-order valence-electron chi connectivity index (χ0n) is 17.4. The first-order valence-electron chi connectivity index (χ1n) is 9.68. The Morgan fingerprint density at radius 1 is 0.767 bits per heavy atom. The lowest BCUT2D eigenvalue weighted by Gasteiger charge is -2.12. The Kier molecular flexibility index (Phi) is 4.24. The first kappa shape index (κ1) is 18.3. The lowest BCUT2D eigenvalue weighted by Crippen LogP contribution is -2.25. The number of furan rings is 1. The van der Waals surface area contributed by atoms with Crippen LogP contribution in [0.4, 0.5) is 0 Å². The molecule has 5 rings (SSSR count). The first-order valence-corrected chi connectivity index (χ1v) is 9.68. The van der Waals surface area contributed by atoms with Gasteiger partial charge in [0.25, 0.3) is 0 Å². The monoisotopic (exact) mass is 400 g/mol. The number of fused-ring (bicyclic) bond motifs is 4. The van der Waals surface area contributed by atoms with E-state index in [2.05, 4.69) is 41.8 Å². The Hall–Kier alpha value is -3.73. The van der Waals surface area contributed by atoms with E-state index in [9.17, 15) is 0 Å². The number of aryl methyl sites for hydroxylation is 1. The Bertz CT molecular complexity index is 1400. The van der Waals surface area contributed by atoms with Crippen molar-refractivity contribution in [3.8, 4) is 28.4 Å². The van der Waals surface area contributed by atoms with Gasteiger partial charge >= 0.3 is 0 Å². The number of benzene rings is 2. The first-order chi connectivity index (χ1) is 14.6. The number of pyridine rings is 2. The number of hydrogen-bond donors (Lipinski definition) is 0. The third kappa shape index (κ3) is 2.66. The van der Waals surface area contributed by atoms with E-state index in [1.165, 1.54) is 0 Å². The molecular weight excluding hydrogens is 378 g/mol. The van der Waals surface area contributed by atoms with Crippen molar-refractivity contribution in [2.45, 2.75) is 6.92 Å². The number of nitrogens with zero attached hydrogens (tertiary/aromatic N) is 1. The zero-order valence-corrected chi connectivity index (χ0v) is 17.4. The van der Waals surface area contributed by atoms with E-state index in [1.54, 1.807) is 33.9 Å². The SMILES string of the molecule is COc1cc2cc3c4cc(-c5ccoc5)c(OC)cc4cc[n+]3c(C)c2cc1OC. The molecule has 0 fully saturated rings. The highest BCUT2D eigenvalue weighted by Gasteiger charge is 2.19. The summed E-state index contributed by atoms with van der Waals surface area (Å²) in [6.45, 7) is 2.12. The molecule has 150 valence electrons. The van der Waals surface area contributed by atoms with Crippen LogP contribution in [0.1, 0.15) is 5.69 Å². The fourth-order valence-corrected chi connectivity index (χ4v) is 4.18. The van der Waals surface area contributed by atoms with Crippen LogP contribution in [0, 0.1) is 6.92 Å². The van der Waals surface area contributed by atoms with Gasteiger partial charge in [0.05, 0.1) is 44.6 Å². The van der Waals surface area contributed by atoms with Crippen molar-refractivity contribution >= 4 is 27.1 Å². The maximum absolute atomic E-state index is 5.66. The lowest BCUT2D eigenvalue weighted by molar-refractivity contribution is -0.516. The molecule has 0 unspecified atom stereocenters. The van der Waals surface area contributed by atoms with Crippen LogP contribution in [0.5, 0.6) is 17.2 Å². The van der Waals surface area contributed by atoms with Crippen molar-refractivity contribution in [2.24, 2.45) is 0 Å². The van der Waals surface area contributed by atoms with Crippen molar-refractivity contribution in [1.29, 1.82) is 0 Å². The van der Waals surface area contributed by atoms with E-state index in [0.29, 0.717) is 0 Å². The van der Waals surface area contributed by atoms with Gasteiger partial charge in [0, 0.05) is 30.2 Å². The average Bonchev–Trinajstić information content (AvgIpc) is 3.32. The fourth-order valence-electron chi connectivity index (χ4n) is 4.18. The Morgan fingerprint density at radius 3 is 2.20 bits per heavy atom. The Balaban J connectivity index is 1.89. The largest absolute Gasteiger partial charge is 0.496 e. The summed E-state index contributed by atoms with van der Waals surface area (Å²) in [5.41, 5.74) is 4.22. The van der Waals surface area contributed by atoms with Crippen LogP contribution in [0.25, 0.3) is 38.2 Å². The highest BCUT2D eigenvalue weighted by Crippen LogP contribution is 2.37. The maximum Gasteiger partial charge on any atom is 0.219 e. The molecule has 0 spiro atoms. The smallest absolute Gasteiger partial charge is 0.219 e. The van der Waals surface area contributed by atoms with E-state index in [-0.39, 0.29) is 0 Å². The molecule has 5 aromatic rings. The van der Waals surface area contributed by atoms with Crippen molar-refractivity contribution in [3.63, 3.8) is 0 Å². The van der Waals surface area contributed by atoms with E-state index < -0.39 is 0 Å². The molecule has 30 heavy (non-hydrogen) atoms. The van der Waals surface area contributed by atoms with Gasteiger partial charge in [-0.2, -0.15) is 4.40 Å². The highest BCUT2D eigenvalue weighted by molar-refractivity contribution is 6.01. The molecule has 5 nitrogen and oxygen atoms in total. The second-order valence-corrected chi connectivity index (χ2v) is 7.25. The molecule has 0 amide bonds. The molecule has 3 aromatic heterocycles. The Labute approximate surface area is 174 Å². The summed E-state index contributed by atoms with van der Waals surface area (Å²) >= 11 is 0. The van der Waals surface area contributed by atoms with Crippen LogP contribution in [0.15, 0.2) is 65.6 Å². The lowest BCUT2D eigenvalue weighted by atomic mass is 10.00. The molecule has 0 aliphatic heterocycles. The summed E-state index contributed by atoms with van der Waals surface area (Å²) < 4.78 is 24.2. The van der Waals surface area contributed by atoms with Crippen LogP contribution >= 0.6 is 0 Å². The van der Waals surface area contributed by atoms with Crippen molar-refractivity contribution < 1.29 is 23.0 Å². The van der Waals surface area contributed by atoms with Crippen LogP contribution in [-0.2, 0) is 0 Å². The minimum Gasteiger partial charge on any atom is -0.496 e. The quantitative estimate of drug-likeness (QED) is 0.232. The van der Waals surface area contributed by atoms with Gasteiger partial charge in [-0.05, 0) is 41.1 Å². The highest BCUT2D eigenvalue weighted by atomic mass is 16.5. The third-order valence-corrected chi connectivity index (χ3v) is 5.74. The number of ether oxygens (including phenoxy) is 3. The second-order valence-electron chi connectivity index (χ2n) is 7.25. The van der Waals surface area contributed by atoms with E-state index in [0.717, 1.165) is 61.1 Å². The molecule has 0 saturated carbocycles. The molecule has 0 aliphatic carbocycles. The standard InChI is InChI=1S/C25H22NO4/c1-15-19-13-25(29-4)24(28-3)11-18(19)9-22-20-12-21(17-6-8-30-14-17)23(27-2)10-16(20)5-7-26(15)22/h5-14H,1-4H3/q+1. The van der Waals surface area contributed by atoms with Gasteiger partial charge in [-0.25, -0.2) is 0 Å². The maximum atomic E-state index is 5.66. The number of hydrogen-bond acceptors (Lipinski definition) is 4. The van der Waals surface area contributed by atoms with Gasteiger partial charge in [-0.15, -0.1) is 0 Å². The van der Waals surface area contributed by atoms with Crippen LogP contribution in [0.3, 0.4) is 0 Å². The predicted octanol–water partition coefficient (Wildman–Crippen LogP) is 5.33. The van der Waals surface area contributed by atoms with Crippen molar-refractivity contribution in [2.75, 3.05) is 21.3 Å². The fraction of sp³-hybridized carbons (Fsp3) is 0.160. The van der Waals surface area contributed by atoms with Gasteiger partial charge in [-0.1, -0.05) is 0 Å². The molecule has 0 saturated heterocycles. The molecule has 0 aliphatic rings. The summed E-state index contributed by atoms with van der Waals surface area (Å²) in [7, 11) is 5.01. The third-order valence-electron chi connectivity index (χ3n) is 5.74. The minimum atomic E-state index is 0.717. The number of methoxy groups -OCH3 is 3. The van der Waals surface area contributed by atoms with Crippen LogP contribution in [-0.4, -0.2) is 21.3 Å². The summed E-state index contributed by atoms with van der Waals surface area (Å²) in [6.07, 6.45) is 5.51. The molecule has 2 aromatic carbocycles. The minimum absolute atomic E-state index is 0.717. The molecular formula is C25H22NO4+. The summed E-state index contributed by atoms with van der Waals surface area (Å²) in [4.78, 5) is 0.